The Kier molecular flexibility index (Phi) is 5.83. The molecule has 0 aliphatic heterocycles. The molecule has 2 rings (SSSR count). The Morgan fingerprint density at radius 2 is 1.62 bits per heavy atom. The fourth-order valence-corrected chi connectivity index (χ4v) is 3.37. The molecule has 0 heterocycles. The van der Waals surface area contributed by atoms with Gasteiger partial charge in [0, 0.05) is 6.61 Å². The van der Waals surface area contributed by atoms with Crippen LogP contribution in [0.5, 0.6) is 0 Å². The molecule has 0 bridgehead atoms. The molecule has 0 amide bonds. The average molecular weight is 354 g/mol. The summed E-state index contributed by atoms with van der Waals surface area (Å²) in [5, 5.41) is 0. The van der Waals surface area contributed by atoms with Gasteiger partial charge in [-0.15, -0.1) is 0 Å². The van der Waals surface area contributed by atoms with Crippen molar-refractivity contribution >= 4 is 0 Å². The normalized spacial score (nSPS) is 22.6. The molecule has 1 aliphatic carbocycles. The summed E-state index contributed by atoms with van der Waals surface area (Å²) in [5.41, 5.74) is -0.603. The zero-order chi connectivity index (χ0) is 18.0. The summed E-state index contributed by atoms with van der Waals surface area (Å²) < 4.78 is 83.9. The quantitative estimate of drug-likeness (QED) is 0.596. The largest absolute Gasteiger partial charge is 0.417 e. The minimum atomic E-state index is -4.55. The van der Waals surface area contributed by atoms with Crippen LogP contribution in [0.25, 0.3) is 0 Å². The van der Waals surface area contributed by atoms with Crippen LogP contribution in [-0.4, -0.2) is 12.8 Å². The summed E-state index contributed by atoms with van der Waals surface area (Å²) in [6.45, 7) is 1.82. The maximum atomic E-state index is 13.5. The molecule has 0 saturated heterocycles. The number of ether oxygens (including phenoxy) is 1. The fourth-order valence-electron chi connectivity index (χ4n) is 3.37. The van der Waals surface area contributed by atoms with E-state index in [0.717, 1.165) is 0 Å². The highest BCUT2D eigenvalue weighted by Gasteiger charge is 2.43. The Hall–Kier alpha value is -1.24. The summed E-state index contributed by atoms with van der Waals surface area (Å²) in [5.74, 6) is -1.91. The van der Waals surface area contributed by atoms with Gasteiger partial charge in [-0.3, -0.25) is 0 Å². The Labute approximate surface area is 137 Å². The molecule has 0 spiro atoms. The van der Waals surface area contributed by atoms with Gasteiger partial charge in [-0.25, -0.2) is 0 Å². The highest BCUT2D eigenvalue weighted by atomic mass is 19.4. The van der Waals surface area contributed by atoms with E-state index in [9.17, 15) is 26.3 Å². The zero-order valence-corrected chi connectivity index (χ0v) is 13.3. The van der Waals surface area contributed by atoms with Gasteiger partial charge >= 0.3 is 12.4 Å². The van der Waals surface area contributed by atoms with Gasteiger partial charge in [0.25, 0.3) is 0 Å². The minimum Gasteiger partial charge on any atom is -0.377 e. The second-order valence-corrected chi connectivity index (χ2v) is 6.11. The summed E-state index contributed by atoms with van der Waals surface area (Å²) in [6.07, 6.45) is -8.84. The molecule has 0 N–H and O–H groups in total. The smallest absolute Gasteiger partial charge is 0.377 e. The lowest BCUT2D eigenvalue weighted by molar-refractivity contribution is -0.182. The molecular formula is C17H20F6O. The molecule has 1 nitrogen and oxygen atoms in total. The van der Waals surface area contributed by atoms with E-state index in [4.69, 9.17) is 4.74 Å². The number of hydrogen-bond donors (Lipinski definition) is 0. The van der Waals surface area contributed by atoms with Gasteiger partial charge in [0.05, 0.1) is 18.1 Å². The number of halogens is 6. The van der Waals surface area contributed by atoms with Crippen LogP contribution in [-0.2, 0) is 17.5 Å². The van der Waals surface area contributed by atoms with Crippen molar-refractivity contribution in [2.24, 2.45) is 5.92 Å². The zero-order valence-electron chi connectivity index (χ0n) is 13.3. The van der Waals surface area contributed by atoms with Crippen LogP contribution in [0.4, 0.5) is 26.3 Å². The first-order valence-corrected chi connectivity index (χ1v) is 7.98. The molecule has 1 aliphatic rings. The van der Waals surface area contributed by atoms with Crippen molar-refractivity contribution in [2.75, 3.05) is 6.61 Å². The molecular weight excluding hydrogens is 334 g/mol. The molecule has 1 saturated carbocycles. The van der Waals surface area contributed by atoms with Crippen LogP contribution in [0.2, 0.25) is 0 Å². The first-order valence-electron chi connectivity index (χ1n) is 7.98. The van der Waals surface area contributed by atoms with Crippen LogP contribution >= 0.6 is 0 Å². The third kappa shape index (κ3) is 4.43. The van der Waals surface area contributed by atoms with Gasteiger partial charge < -0.3 is 4.74 Å². The third-order valence-electron chi connectivity index (χ3n) is 4.56. The van der Waals surface area contributed by atoms with Crippen molar-refractivity contribution in [2.45, 2.75) is 57.5 Å². The lowest BCUT2D eigenvalue weighted by Crippen LogP contribution is -2.28. The highest BCUT2D eigenvalue weighted by molar-refractivity contribution is 5.40. The lowest BCUT2D eigenvalue weighted by atomic mass is 9.76. The lowest BCUT2D eigenvalue weighted by Gasteiger charge is -2.32. The average Bonchev–Trinajstić information content (AvgIpc) is 2.51. The minimum absolute atomic E-state index is 0.0415. The van der Waals surface area contributed by atoms with E-state index in [1.165, 1.54) is 18.2 Å². The van der Waals surface area contributed by atoms with Gasteiger partial charge in [-0.05, 0) is 49.7 Å². The Bertz CT molecular complexity index is 541. The van der Waals surface area contributed by atoms with E-state index in [2.05, 4.69) is 0 Å². The summed E-state index contributed by atoms with van der Waals surface area (Å²) in [7, 11) is 0. The molecule has 0 radical (unpaired) electrons. The number of hydrogen-bond acceptors (Lipinski definition) is 1. The number of benzene rings is 1. The summed E-state index contributed by atoms with van der Waals surface area (Å²) in [6, 6.07) is 4.27. The fraction of sp³-hybridized carbons (Fsp3) is 0.647. The van der Waals surface area contributed by atoms with Crippen LogP contribution in [0, 0.1) is 5.92 Å². The van der Waals surface area contributed by atoms with Crippen LogP contribution in [0.3, 0.4) is 0 Å². The molecule has 136 valence electrons. The predicted octanol–water partition coefficient (Wildman–Crippen LogP) is 6.08. The topological polar surface area (TPSA) is 9.23 Å². The molecule has 0 atom stereocenters. The van der Waals surface area contributed by atoms with E-state index < -0.39 is 29.8 Å². The maximum Gasteiger partial charge on any atom is 0.417 e. The van der Waals surface area contributed by atoms with E-state index in [-0.39, 0.29) is 50.0 Å². The number of rotatable bonds is 4. The molecule has 0 aromatic heterocycles. The van der Waals surface area contributed by atoms with E-state index in [0.29, 0.717) is 0 Å². The highest BCUT2D eigenvalue weighted by Crippen LogP contribution is 2.46. The first kappa shape index (κ1) is 19.1. The summed E-state index contributed by atoms with van der Waals surface area (Å²) >= 11 is 0. The van der Waals surface area contributed by atoms with E-state index in [1.54, 1.807) is 6.92 Å². The van der Waals surface area contributed by atoms with Gasteiger partial charge in [0.15, 0.2) is 0 Å². The Morgan fingerprint density at radius 3 is 2.12 bits per heavy atom. The SMILES string of the molecule is CCOCc1cccc(C2CCC(C(F)(F)F)CC2)c1C(F)(F)F. The van der Waals surface area contributed by atoms with Crippen LogP contribution in [0.1, 0.15) is 55.2 Å². The van der Waals surface area contributed by atoms with Crippen molar-refractivity contribution in [3.63, 3.8) is 0 Å². The van der Waals surface area contributed by atoms with Gasteiger partial charge in [-0.2, -0.15) is 26.3 Å². The molecule has 1 aromatic carbocycles. The van der Waals surface area contributed by atoms with Crippen LogP contribution in [0.15, 0.2) is 18.2 Å². The Balaban J connectivity index is 2.27. The first-order chi connectivity index (χ1) is 11.1. The maximum absolute atomic E-state index is 13.5. The molecule has 24 heavy (non-hydrogen) atoms. The second-order valence-electron chi connectivity index (χ2n) is 6.11. The monoisotopic (exact) mass is 354 g/mol. The second kappa shape index (κ2) is 7.33. The third-order valence-corrected chi connectivity index (χ3v) is 4.56. The van der Waals surface area contributed by atoms with Crippen molar-refractivity contribution in [1.29, 1.82) is 0 Å². The molecule has 0 unspecified atom stereocenters. The van der Waals surface area contributed by atoms with Gasteiger partial charge in [0.1, 0.15) is 0 Å². The van der Waals surface area contributed by atoms with Crippen molar-refractivity contribution in [3.05, 3.63) is 34.9 Å². The molecule has 1 aromatic rings. The van der Waals surface area contributed by atoms with Gasteiger partial charge in [0.2, 0.25) is 0 Å². The van der Waals surface area contributed by atoms with E-state index >= 15 is 0 Å². The molecule has 1 fully saturated rings. The standard InChI is InChI=1S/C17H20F6O/c1-2-24-10-12-4-3-5-14(15(12)17(21,22)23)11-6-8-13(9-7-11)16(18,19)20/h3-5,11,13H,2,6-10H2,1H3. The van der Waals surface area contributed by atoms with E-state index in [1.807, 2.05) is 0 Å². The number of alkyl halides is 6. The van der Waals surface area contributed by atoms with Crippen molar-refractivity contribution < 1.29 is 31.1 Å². The van der Waals surface area contributed by atoms with Crippen molar-refractivity contribution in [3.8, 4) is 0 Å². The van der Waals surface area contributed by atoms with Gasteiger partial charge in [-0.1, -0.05) is 18.2 Å². The summed E-state index contributed by atoms with van der Waals surface area (Å²) in [4.78, 5) is 0. The van der Waals surface area contributed by atoms with Crippen molar-refractivity contribution in [1.82, 2.24) is 0 Å². The molecule has 7 heteroatoms. The van der Waals surface area contributed by atoms with Crippen LogP contribution < -0.4 is 0 Å². The predicted molar refractivity (Wildman–Crippen MR) is 77.5 cm³/mol. The Morgan fingerprint density at radius 1 is 1.00 bits per heavy atom.